The van der Waals surface area contributed by atoms with E-state index in [1.807, 2.05) is 26.8 Å². The van der Waals surface area contributed by atoms with Crippen LogP contribution in [0.15, 0.2) is 10.5 Å². The van der Waals surface area contributed by atoms with E-state index in [4.69, 9.17) is 4.42 Å². The summed E-state index contributed by atoms with van der Waals surface area (Å²) in [5.74, 6) is 3.85. The number of anilines is 2. The minimum atomic E-state index is 0.512. The maximum atomic E-state index is 5.53. The van der Waals surface area contributed by atoms with E-state index in [2.05, 4.69) is 32.5 Å². The van der Waals surface area contributed by atoms with Crippen molar-refractivity contribution in [3.8, 4) is 0 Å². The number of rotatable bonds is 6. The van der Waals surface area contributed by atoms with Crippen molar-refractivity contribution in [1.29, 1.82) is 0 Å². The van der Waals surface area contributed by atoms with Crippen LogP contribution in [0.3, 0.4) is 0 Å². The van der Waals surface area contributed by atoms with E-state index in [0.717, 1.165) is 41.9 Å². The second-order valence-corrected chi connectivity index (χ2v) is 4.72. The standard InChI is InChI=1S/C14H21N5O/c1-5-6-15-12-7-13(19-11(4)18-12)16-8-14-17-9(2)10(3)20-14/h7H,5-6,8H2,1-4H3,(H2,15,16,18,19). The fourth-order valence-electron chi connectivity index (χ4n) is 1.78. The van der Waals surface area contributed by atoms with E-state index in [0.29, 0.717) is 12.4 Å². The molecular formula is C14H21N5O. The van der Waals surface area contributed by atoms with Crippen molar-refractivity contribution >= 4 is 11.6 Å². The Bertz CT molecular complexity index is 559. The molecule has 2 aromatic rings. The number of hydrogen-bond donors (Lipinski definition) is 2. The molecule has 6 nitrogen and oxygen atoms in total. The molecule has 0 fully saturated rings. The van der Waals surface area contributed by atoms with Gasteiger partial charge in [-0.1, -0.05) is 6.92 Å². The van der Waals surface area contributed by atoms with Gasteiger partial charge in [-0.25, -0.2) is 15.0 Å². The van der Waals surface area contributed by atoms with Crippen molar-refractivity contribution in [2.75, 3.05) is 17.2 Å². The zero-order valence-corrected chi connectivity index (χ0v) is 12.4. The van der Waals surface area contributed by atoms with Gasteiger partial charge in [0.2, 0.25) is 5.89 Å². The summed E-state index contributed by atoms with van der Waals surface area (Å²) in [6.07, 6.45) is 1.06. The molecule has 0 saturated carbocycles. The molecule has 0 radical (unpaired) electrons. The first-order valence-corrected chi connectivity index (χ1v) is 6.85. The van der Waals surface area contributed by atoms with Gasteiger partial charge < -0.3 is 15.1 Å². The molecule has 0 aliphatic carbocycles. The number of nitrogens with zero attached hydrogens (tertiary/aromatic N) is 3. The topological polar surface area (TPSA) is 75.9 Å². The van der Waals surface area contributed by atoms with Crippen LogP contribution in [0, 0.1) is 20.8 Å². The smallest absolute Gasteiger partial charge is 0.213 e. The molecule has 2 rings (SSSR count). The molecular weight excluding hydrogens is 254 g/mol. The van der Waals surface area contributed by atoms with E-state index < -0.39 is 0 Å². The van der Waals surface area contributed by atoms with E-state index in [1.165, 1.54) is 0 Å². The van der Waals surface area contributed by atoms with Gasteiger partial charge in [-0.2, -0.15) is 0 Å². The summed E-state index contributed by atoms with van der Waals surface area (Å²) >= 11 is 0. The highest BCUT2D eigenvalue weighted by molar-refractivity contribution is 5.47. The lowest BCUT2D eigenvalue weighted by Crippen LogP contribution is -2.07. The van der Waals surface area contributed by atoms with E-state index >= 15 is 0 Å². The quantitative estimate of drug-likeness (QED) is 0.844. The van der Waals surface area contributed by atoms with Gasteiger partial charge in [0.15, 0.2) is 0 Å². The molecule has 20 heavy (non-hydrogen) atoms. The van der Waals surface area contributed by atoms with Crippen molar-refractivity contribution in [3.05, 3.63) is 29.2 Å². The summed E-state index contributed by atoms with van der Waals surface area (Å²) < 4.78 is 5.53. The average molecular weight is 275 g/mol. The monoisotopic (exact) mass is 275 g/mol. The molecule has 2 N–H and O–H groups in total. The number of hydrogen-bond acceptors (Lipinski definition) is 6. The Hall–Kier alpha value is -2.11. The van der Waals surface area contributed by atoms with E-state index in [9.17, 15) is 0 Å². The first-order chi connectivity index (χ1) is 9.58. The van der Waals surface area contributed by atoms with Gasteiger partial charge in [0.25, 0.3) is 0 Å². The summed E-state index contributed by atoms with van der Waals surface area (Å²) in [7, 11) is 0. The van der Waals surface area contributed by atoms with Gasteiger partial charge in [0, 0.05) is 12.6 Å². The van der Waals surface area contributed by atoms with Gasteiger partial charge in [0.05, 0.1) is 12.2 Å². The minimum Gasteiger partial charge on any atom is -0.444 e. The van der Waals surface area contributed by atoms with E-state index in [1.54, 1.807) is 0 Å². The Morgan fingerprint density at radius 1 is 1.05 bits per heavy atom. The van der Waals surface area contributed by atoms with Gasteiger partial charge in [-0.3, -0.25) is 0 Å². The molecule has 0 aliphatic heterocycles. The lowest BCUT2D eigenvalue weighted by atomic mass is 10.4. The molecule has 0 amide bonds. The second-order valence-electron chi connectivity index (χ2n) is 4.72. The molecule has 2 heterocycles. The van der Waals surface area contributed by atoms with Crippen LogP contribution >= 0.6 is 0 Å². The summed E-state index contributed by atoms with van der Waals surface area (Å²) in [5.41, 5.74) is 0.922. The van der Waals surface area contributed by atoms with Crippen molar-refractivity contribution in [3.63, 3.8) is 0 Å². The lowest BCUT2D eigenvalue weighted by Gasteiger charge is -2.08. The SMILES string of the molecule is CCCNc1cc(NCc2nc(C)c(C)o2)nc(C)n1. The predicted molar refractivity (Wildman–Crippen MR) is 78.9 cm³/mol. The first-order valence-electron chi connectivity index (χ1n) is 6.85. The van der Waals surface area contributed by atoms with Crippen LogP contribution in [0.5, 0.6) is 0 Å². The van der Waals surface area contributed by atoms with Crippen LogP contribution in [0.25, 0.3) is 0 Å². The largest absolute Gasteiger partial charge is 0.444 e. The average Bonchev–Trinajstić information content (AvgIpc) is 2.73. The van der Waals surface area contributed by atoms with Gasteiger partial charge in [-0.15, -0.1) is 0 Å². The van der Waals surface area contributed by atoms with Crippen molar-refractivity contribution in [2.24, 2.45) is 0 Å². The Morgan fingerprint density at radius 2 is 1.75 bits per heavy atom. The highest BCUT2D eigenvalue weighted by atomic mass is 16.4. The van der Waals surface area contributed by atoms with E-state index in [-0.39, 0.29) is 0 Å². The molecule has 108 valence electrons. The second kappa shape index (κ2) is 6.36. The molecule has 0 spiro atoms. The molecule has 0 atom stereocenters. The summed E-state index contributed by atoms with van der Waals surface area (Å²) in [5, 5.41) is 6.47. The molecule has 2 aromatic heterocycles. The fraction of sp³-hybridized carbons (Fsp3) is 0.500. The highest BCUT2D eigenvalue weighted by Crippen LogP contribution is 2.13. The van der Waals surface area contributed by atoms with Gasteiger partial charge in [0.1, 0.15) is 23.2 Å². The maximum absolute atomic E-state index is 5.53. The number of oxazole rings is 1. The Balaban J connectivity index is 2.03. The van der Waals surface area contributed by atoms with Crippen LogP contribution < -0.4 is 10.6 Å². The van der Waals surface area contributed by atoms with Crippen molar-refractivity contribution in [1.82, 2.24) is 15.0 Å². The fourth-order valence-corrected chi connectivity index (χ4v) is 1.78. The van der Waals surface area contributed by atoms with Crippen LogP contribution in [0.1, 0.15) is 36.5 Å². The Kier molecular flexibility index (Phi) is 4.55. The molecule has 6 heteroatoms. The Labute approximate surface area is 119 Å². The molecule has 0 aliphatic rings. The van der Waals surface area contributed by atoms with Crippen LogP contribution in [-0.2, 0) is 6.54 Å². The molecule has 0 saturated heterocycles. The number of aryl methyl sites for hydroxylation is 3. The predicted octanol–water partition coefficient (Wildman–Crippen LogP) is 2.82. The summed E-state index contributed by atoms with van der Waals surface area (Å²) in [6.45, 7) is 9.25. The minimum absolute atomic E-state index is 0.512. The third kappa shape index (κ3) is 3.69. The zero-order valence-electron chi connectivity index (χ0n) is 12.4. The number of aromatic nitrogens is 3. The van der Waals surface area contributed by atoms with Crippen molar-refractivity contribution < 1.29 is 4.42 Å². The van der Waals surface area contributed by atoms with Crippen LogP contribution in [0.2, 0.25) is 0 Å². The molecule has 0 bridgehead atoms. The summed E-state index contributed by atoms with van der Waals surface area (Å²) in [6, 6.07) is 1.89. The van der Waals surface area contributed by atoms with Gasteiger partial charge >= 0.3 is 0 Å². The van der Waals surface area contributed by atoms with Crippen LogP contribution in [0.4, 0.5) is 11.6 Å². The molecule has 0 unspecified atom stereocenters. The van der Waals surface area contributed by atoms with Gasteiger partial charge in [-0.05, 0) is 27.2 Å². The van der Waals surface area contributed by atoms with Crippen LogP contribution in [-0.4, -0.2) is 21.5 Å². The molecule has 0 aromatic carbocycles. The maximum Gasteiger partial charge on any atom is 0.213 e. The third-order valence-corrected chi connectivity index (χ3v) is 2.89. The normalized spacial score (nSPS) is 10.6. The summed E-state index contributed by atoms with van der Waals surface area (Å²) in [4.78, 5) is 13.0. The lowest BCUT2D eigenvalue weighted by molar-refractivity contribution is 0.478. The number of nitrogens with one attached hydrogen (secondary N) is 2. The Morgan fingerprint density at radius 3 is 2.35 bits per heavy atom. The first kappa shape index (κ1) is 14.3. The zero-order chi connectivity index (χ0) is 14.5. The third-order valence-electron chi connectivity index (χ3n) is 2.89. The van der Waals surface area contributed by atoms with Crippen molar-refractivity contribution in [2.45, 2.75) is 40.7 Å². The highest BCUT2D eigenvalue weighted by Gasteiger charge is 2.06.